The average molecular weight is 331 g/mol. The van der Waals surface area contributed by atoms with Gasteiger partial charge in [-0.1, -0.05) is 37.5 Å². The van der Waals surface area contributed by atoms with E-state index in [1.54, 1.807) is 0 Å². The Morgan fingerprint density at radius 1 is 1.08 bits per heavy atom. The molecule has 0 atom stereocenters. The zero-order valence-electron chi connectivity index (χ0n) is 14.6. The number of benzene rings is 1. The van der Waals surface area contributed by atoms with E-state index in [-0.39, 0.29) is 24.3 Å². The van der Waals surface area contributed by atoms with E-state index in [1.165, 1.54) is 12.1 Å². The van der Waals surface area contributed by atoms with Crippen LogP contribution in [0.4, 0.5) is 5.69 Å². The van der Waals surface area contributed by atoms with Gasteiger partial charge in [-0.25, -0.2) is 0 Å². The summed E-state index contributed by atoms with van der Waals surface area (Å²) in [6, 6.07) is 10.2. The highest BCUT2D eigenvalue weighted by atomic mass is 16.2. The van der Waals surface area contributed by atoms with E-state index < -0.39 is 0 Å². The molecule has 2 amide bonds. The van der Waals surface area contributed by atoms with E-state index in [9.17, 15) is 9.59 Å². The zero-order valence-corrected chi connectivity index (χ0v) is 14.6. The first kappa shape index (κ1) is 18.3. The molecule has 0 radical (unpaired) electrons. The first-order valence-electron chi connectivity index (χ1n) is 8.97. The second-order valence-electron chi connectivity index (χ2n) is 6.51. The van der Waals surface area contributed by atoms with Crippen LogP contribution in [0.25, 0.3) is 0 Å². The SMILES string of the molecule is CN(CCCNC(=O)CNC(=O)C1CCCCC1)c1ccccc1. The molecule has 1 aromatic carbocycles. The maximum atomic E-state index is 12.0. The molecule has 0 unspecified atom stereocenters. The quantitative estimate of drug-likeness (QED) is 0.719. The number of nitrogens with one attached hydrogen (secondary N) is 2. The molecule has 0 aliphatic heterocycles. The van der Waals surface area contributed by atoms with Crippen molar-refractivity contribution in [3.05, 3.63) is 30.3 Å². The van der Waals surface area contributed by atoms with Gasteiger partial charge in [-0.05, 0) is 31.4 Å². The lowest BCUT2D eigenvalue weighted by Gasteiger charge is -2.20. The molecule has 0 aromatic heterocycles. The molecule has 0 heterocycles. The number of amides is 2. The van der Waals surface area contributed by atoms with Crippen LogP contribution in [0.1, 0.15) is 38.5 Å². The minimum absolute atomic E-state index is 0.0358. The van der Waals surface area contributed by atoms with Gasteiger partial charge in [0.25, 0.3) is 0 Å². The maximum absolute atomic E-state index is 12.0. The third kappa shape index (κ3) is 6.22. The Bertz CT molecular complexity index is 513. The van der Waals surface area contributed by atoms with E-state index in [1.807, 2.05) is 25.2 Å². The van der Waals surface area contributed by atoms with Gasteiger partial charge in [0.1, 0.15) is 0 Å². The predicted octanol–water partition coefficient (Wildman–Crippen LogP) is 2.33. The molecule has 1 saturated carbocycles. The zero-order chi connectivity index (χ0) is 17.2. The lowest BCUT2D eigenvalue weighted by molar-refractivity contribution is -0.129. The Morgan fingerprint density at radius 2 is 1.79 bits per heavy atom. The lowest BCUT2D eigenvalue weighted by Crippen LogP contribution is -2.40. The highest BCUT2D eigenvalue weighted by Gasteiger charge is 2.21. The van der Waals surface area contributed by atoms with E-state index in [0.29, 0.717) is 6.54 Å². The van der Waals surface area contributed by atoms with Crippen molar-refractivity contribution in [1.29, 1.82) is 0 Å². The van der Waals surface area contributed by atoms with Gasteiger partial charge in [0.05, 0.1) is 6.54 Å². The molecule has 2 rings (SSSR count). The molecular formula is C19H29N3O2. The molecule has 0 spiro atoms. The van der Waals surface area contributed by atoms with Gasteiger partial charge in [-0.3, -0.25) is 9.59 Å². The van der Waals surface area contributed by atoms with Crippen LogP contribution in [0, 0.1) is 5.92 Å². The fourth-order valence-corrected chi connectivity index (χ4v) is 3.09. The highest BCUT2D eigenvalue weighted by molar-refractivity contribution is 5.85. The summed E-state index contributed by atoms with van der Waals surface area (Å²) in [5, 5.41) is 5.63. The van der Waals surface area contributed by atoms with Gasteiger partial charge in [0.2, 0.25) is 11.8 Å². The molecule has 0 saturated heterocycles. The van der Waals surface area contributed by atoms with Crippen molar-refractivity contribution in [2.24, 2.45) is 5.92 Å². The van der Waals surface area contributed by atoms with Crippen molar-refractivity contribution in [3.63, 3.8) is 0 Å². The van der Waals surface area contributed by atoms with Gasteiger partial charge in [0, 0.05) is 31.7 Å². The number of carbonyl (C=O) groups is 2. The fraction of sp³-hybridized carbons (Fsp3) is 0.579. The minimum Gasteiger partial charge on any atom is -0.375 e. The molecule has 1 aliphatic carbocycles. The summed E-state index contributed by atoms with van der Waals surface area (Å²) in [7, 11) is 2.04. The predicted molar refractivity (Wildman–Crippen MR) is 96.9 cm³/mol. The van der Waals surface area contributed by atoms with Crippen LogP contribution in [0.2, 0.25) is 0 Å². The molecule has 1 aromatic rings. The summed E-state index contributed by atoms with van der Waals surface area (Å²) < 4.78 is 0. The summed E-state index contributed by atoms with van der Waals surface area (Å²) in [5.41, 5.74) is 1.17. The summed E-state index contributed by atoms with van der Waals surface area (Å²) in [5.74, 6) is 0.0289. The van der Waals surface area contributed by atoms with Crippen LogP contribution >= 0.6 is 0 Å². The lowest BCUT2D eigenvalue weighted by atomic mass is 9.89. The Kier molecular flexibility index (Phi) is 7.59. The summed E-state index contributed by atoms with van der Waals surface area (Å²) in [4.78, 5) is 26.0. The average Bonchev–Trinajstić information content (AvgIpc) is 2.64. The van der Waals surface area contributed by atoms with Gasteiger partial charge in [-0.2, -0.15) is 0 Å². The molecular weight excluding hydrogens is 302 g/mol. The number of rotatable bonds is 8. The molecule has 1 aliphatic rings. The molecule has 132 valence electrons. The first-order valence-corrected chi connectivity index (χ1v) is 8.97. The third-order valence-corrected chi connectivity index (χ3v) is 4.59. The molecule has 5 heteroatoms. The molecule has 2 N–H and O–H groups in total. The number of carbonyl (C=O) groups excluding carboxylic acids is 2. The van der Waals surface area contributed by atoms with Crippen LogP contribution in [0.15, 0.2) is 30.3 Å². The summed E-state index contributed by atoms with van der Waals surface area (Å²) in [6.07, 6.45) is 6.26. The fourth-order valence-electron chi connectivity index (χ4n) is 3.09. The highest BCUT2D eigenvalue weighted by Crippen LogP contribution is 2.23. The van der Waals surface area contributed by atoms with Crippen LogP contribution in [0.5, 0.6) is 0 Å². The third-order valence-electron chi connectivity index (χ3n) is 4.59. The number of hydrogen-bond donors (Lipinski definition) is 2. The van der Waals surface area contributed by atoms with Crippen molar-refractivity contribution >= 4 is 17.5 Å². The summed E-state index contributed by atoms with van der Waals surface area (Å²) in [6.45, 7) is 1.58. The number of para-hydroxylation sites is 1. The van der Waals surface area contributed by atoms with Crippen molar-refractivity contribution < 1.29 is 9.59 Å². The van der Waals surface area contributed by atoms with Crippen LogP contribution in [-0.4, -0.2) is 38.5 Å². The standard InChI is InChI=1S/C19H29N3O2/c1-22(17-11-6-3-7-12-17)14-8-13-20-18(23)15-21-19(24)16-9-4-2-5-10-16/h3,6-7,11-12,16H,2,4-5,8-10,13-15H2,1H3,(H,20,23)(H,21,24). The summed E-state index contributed by atoms with van der Waals surface area (Å²) >= 11 is 0. The monoisotopic (exact) mass is 331 g/mol. The smallest absolute Gasteiger partial charge is 0.239 e. The molecule has 0 bridgehead atoms. The number of nitrogens with zero attached hydrogens (tertiary/aromatic N) is 1. The van der Waals surface area contributed by atoms with Crippen molar-refractivity contribution in [2.75, 3.05) is 31.6 Å². The van der Waals surface area contributed by atoms with Crippen LogP contribution < -0.4 is 15.5 Å². The number of hydrogen-bond acceptors (Lipinski definition) is 3. The topological polar surface area (TPSA) is 61.4 Å². The van der Waals surface area contributed by atoms with E-state index in [4.69, 9.17) is 0 Å². The Balaban J connectivity index is 1.55. The first-order chi connectivity index (χ1) is 11.7. The second-order valence-corrected chi connectivity index (χ2v) is 6.51. The van der Waals surface area contributed by atoms with Crippen LogP contribution in [-0.2, 0) is 9.59 Å². The van der Waals surface area contributed by atoms with Crippen molar-refractivity contribution in [2.45, 2.75) is 38.5 Å². The maximum Gasteiger partial charge on any atom is 0.239 e. The largest absolute Gasteiger partial charge is 0.375 e. The minimum atomic E-state index is -0.110. The molecule has 1 fully saturated rings. The van der Waals surface area contributed by atoms with Gasteiger partial charge in [0.15, 0.2) is 0 Å². The van der Waals surface area contributed by atoms with E-state index in [0.717, 1.165) is 38.6 Å². The van der Waals surface area contributed by atoms with Gasteiger partial charge in [-0.15, -0.1) is 0 Å². The van der Waals surface area contributed by atoms with Crippen molar-refractivity contribution in [3.8, 4) is 0 Å². The Morgan fingerprint density at radius 3 is 2.50 bits per heavy atom. The molecule has 24 heavy (non-hydrogen) atoms. The Labute approximate surface area is 144 Å². The van der Waals surface area contributed by atoms with Crippen molar-refractivity contribution in [1.82, 2.24) is 10.6 Å². The Hall–Kier alpha value is -2.04. The number of anilines is 1. The van der Waals surface area contributed by atoms with Gasteiger partial charge >= 0.3 is 0 Å². The normalized spacial score (nSPS) is 14.9. The molecule has 5 nitrogen and oxygen atoms in total. The second kappa shape index (κ2) is 9.96. The van der Waals surface area contributed by atoms with E-state index in [2.05, 4.69) is 27.7 Å². The van der Waals surface area contributed by atoms with Gasteiger partial charge < -0.3 is 15.5 Å². The van der Waals surface area contributed by atoms with E-state index >= 15 is 0 Å². The van der Waals surface area contributed by atoms with Crippen LogP contribution in [0.3, 0.4) is 0 Å².